The van der Waals surface area contributed by atoms with Crippen LogP contribution in [0.25, 0.3) is 6.08 Å². The maximum absolute atomic E-state index is 12.9. The molecule has 1 N–H and O–H groups in total. The van der Waals surface area contributed by atoms with E-state index in [9.17, 15) is 9.59 Å². The van der Waals surface area contributed by atoms with Crippen LogP contribution in [0.15, 0.2) is 23.1 Å². The molecule has 2 aliphatic rings. The first-order valence-electron chi connectivity index (χ1n) is 10.6. The van der Waals surface area contributed by atoms with Crippen molar-refractivity contribution in [2.24, 2.45) is 0 Å². The van der Waals surface area contributed by atoms with E-state index in [1.165, 1.54) is 47.3 Å². The fourth-order valence-electron chi connectivity index (χ4n) is 3.67. The SMILES string of the molecule is COc1cc(/C=C2\SC(=S)N(CC(=O)Nc3nnc(C)s3)C2=O)ccc1OC1CCCCC1. The number of hydrogen-bond donors (Lipinski definition) is 1. The number of carbonyl (C=O) groups excluding carboxylic acids is 2. The van der Waals surface area contributed by atoms with Gasteiger partial charge >= 0.3 is 0 Å². The molecule has 2 fully saturated rings. The Morgan fingerprint density at radius 2 is 2.06 bits per heavy atom. The van der Waals surface area contributed by atoms with E-state index in [4.69, 9.17) is 21.7 Å². The van der Waals surface area contributed by atoms with Crippen molar-refractivity contribution in [2.45, 2.75) is 45.1 Å². The van der Waals surface area contributed by atoms with Gasteiger partial charge in [0.15, 0.2) is 11.5 Å². The van der Waals surface area contributed by atoms with Crippen molar-refractivity contribution in [1.82, 2.24) is 15.1 Å². The Hall–Kier alpha value is -2.50. The highest BCUT2D eigenvalue weighted by Gasteiger charge is 2.33. The molecule has 1 aromatic heterocycles. The Balaban J connectivity index is 1.43. The number of benzene rings is 1. The zero-order valence-corrected chi connectivity index (χ0v) is 20.8. The number of carbonyl (C=O) groups is 2. The van der Waals surface area contributed by atoms with Crippen molar-refractivity contribution >= 4 is 62.7 Å². The lowest BCUT2D eigenvalue weighted by Crippen LogP contribution is -2.36. The maximum Gasteiger partial charge on any atom is 0.266 e. The highest BCUT2D eigenvalue weighted by atomic mass is 32.2. The third kappa shape index (κ3) is 5.90. The summed E-state index contributed by atoms with van der Waals surface area (Å²) in [5, 5.41) is 11.5. The third-order valence-electron chi connectivity index (χ3n) is 5.28. The summed E-state index contributed by atoms with van der Waals surface area (Å²) in [6.07, 6.45) is 7.70. The van der Waals surface area contributed by atoms with Gasteiger partial charge in [0.1, 0.15) is 15.9 Å². The summed E-state index contributed by atoms with van der Waals surface area (Å²) in [4.78, 5) is 26.9. The molecule has 1 saturated heterocycles. The monoisotopic (exact) mass is 504 g/mol. The molecule has 0 spiro atoms. The van der Waals surface area contributed by atoms with Gasteiger partial charge < -0.3 is 9.47 Å². The summed E-state index contributed by atoms with van der Waals surface area (Å²) in [5.41, 5.74) is 0.789. The number of thiocarbonyl (C=S) groups is 1. The van der Waals surface area contributed by atoms with Crippen molar-refractivity contribution in [3.05, 3.63) is 33.7 Å². The fraction of sp³-hybridized carbons (Fsp3) is 0.409. The molecule has 0 bridgehead atoms. The van der Waals surface area contributed by atoms with E-state index in [-0.39, 0.29) is 24.5 Å². The number of nitrogens with zero attached hydrogens (tertiary/aromatic N) is 3. The Kier molecular flexibility index (Phi) is 7.61. The summed E-state index contributed by atoms with van der Waals surface area (Å²) in [7, 11) is 1.60. The Labute approximate surface area is 205 Å². The van der Waals surface area contributed by atoms with Gasteiger partial charge in [0, 0.05) is 0 Å². The number of aromatic nitrogens is 2. The van der Waals surface area contributed by atoms with Gasteiger partial charge in [-0.3, -0.25) is 19.8 Å². The first kappa shape index (κ1) is 23.7. The molecule has 174 valence electrons. The second kappa shape index (κ2) is 10.6. The summed E-state index contributed by atoms with van der Waals surface area (Å²) < 4.78 is 12.0. The van der Waals surface area contributed by atoms with Crippen molar-refractivity contribution in [3.8, 4) is 11.5 Å². The molecule has 11 heteroatoms. The van der Waals surface area contributed by atoms with Crippen LogP contribution in [0, 0.1) is 6.92 Å². The van der Waals surface area contributed by atoms with Crippen LogP contribution in [0.4, 0.5) is 5.13 Å². The molecule has 2 heterocycles. The van der Waals surface area contributed by atoms with Crippen LogP contribution < -0.4 is 14.8 Å². The minimum absolute atomic E-state index is 0.182. The summed E-state index contributed by atoms with van der Waals surface area (Å²) in [6, 6.07) is 5.60. The first-order valence-corrected chi connectivity index (χ1v) is 12.7. The number of nitrogens with one attached hydrogen (secondary N) is 1. The van der Waals surface area contributed by atoms with Gasteiger partial charge in [-0.2, -0.15) is 0 Å². The molecule has 2 amide bonds. The zero-order chi connectivity index (χ0) is 23.4. The van der Waals surface area contributed by atoms with Gasteiger partial charge in [0.05, 0.1) is 18.1 Å². The second-order valence-electron chi connectivity index (χ2n) is 7.73. The van der Waals surface area contributed by atoms with E-state index in [1.54, 1.807) is 20.1 Å². The number of thioether (sulfide) groups is 1. The van der Waals surface area contributed by atoms with Crippen molar-refractivity contribution in [2.75, 3.05) is 19.0 Å². The van der Waals surface area contributed by atoms with Gasteiger partial charge in [-0.05, 0) is 56.4 Å². The molecular formula is C22H24N4O4S3. The number of ether oxygens (including phenoxy) is 2. The number of amides is 2. The zero-order valence-electron chi connectivity index (χ0n) is 18.3. The predicted octanol–water partition coefficient (Wildman–Crippen LogP) is 4.41. The first-order chi connectivity index (χ1) is 15.9. The third-order valence-corrected chi connectivity index (χ3v) is 7.41. The number of rotatable bonds is 7. The maximum atomic E-state index is 12.9. The molecular weight excluding hydrogens is 480 g/mol. The quantitative estimate of drug-likeness (QED) is 0.438. The van der Waals surface area contributed by atoms with Gasteiger partial charge in [-0.1, -0.05) is 47.8 Å². The topological polar surface area (TPSA) is 93.6 Å². The van der Waals surface area contributed by atoms with Gasteiger partial charge in [0.2, 0.25) is 11.0 Å². The Morgan fingerprint density at radius 3 is 2.76 bits per heavy atom. The average molecular weight is 505 g/mol. The van der Waals surface area contributed by atoms with E-state index in [2.05, 4.69) is 15.5 Å². The lowest BCUT2D eigenvalue weighted by molar-refractivity contribution is -0.126. The lowest BCUT2D eigenvalue weighted by atomic mass is 9.98. The number of aryl methyl sites for hydroxylation is 1. The summed E-state index contributed by atoms with van der Waals surface area (Å²) in [6.45, 7) is 1.61. The highest BCUT2D eigenvalue weighted by molar-refractivity contribution is 8.26. The molecule has 0 radical (unpaired) electrons. The van der Waals surface area contributed by atoms with Crippen LogP contribution in [0.3, 0.4) is 0 Å². The minimum atomic E-state index is -0.380. The average Bonchev–Trinajstić information content (AvgIpc) is 3.32. The van der Waals surface area contributed by atoms with E-state index >= 15 is 0 Å². The normalized spacial score (nSPS) is 18.1. The molecule has 1 saturated carbocycles. The smallest absolute Gasteiger partial charge is 0.266 e. The molecule has 2 aromatic rings. The van der Waals surface area contributed by atoms with Crippen LogP contribution in [-0.4, -0.2) is 51.0 Å². The van der Waals surface area contributed by atoms with E-state index in [0.29, 0.717) is 25.9 Å². The molecule has 33 heavy (non-hydrogen) atoms. The van der Waals surface area contributed by atoms with E-state index in [0.717, 1.165) is 23.4 Å². The fourth-order valence-corrected chi connectivity index (χ4v) is 5.53. The molecule has 1 aliphatic carbocycles. The summed E-state index contributed by atoms with van der Waals surface area (Å²) >= 11 is 7.77. The van der Waals surface area contributed by atoms with Gasteiger partial charge in [-0.15, -0.1) is 10.2 Å². The van der Waals surface area contributed by atoms with Gasteiger partial charge in [0.25, 0.3) is 5.91 Å². The van der Waals surface area contributed by atoms with Crippen LogP contribution in [-0.2, 0) is 9.59 Å². The Morgan fingerprint density at radius 1 is 1.27 bits per heavy atom. The second-order valence-corrected chi connectivity index (χ2v) is 10.6. The molecule has 0 unspecified atom stereocenters. The van der Waals surface area contributed by atoms with E-state index < -0.39 is 0 Å². The molecule has 8 nitrogen and oxygen atoms in total. The largest absolute Gasteiger partial charge is 0.493 e. The van der Waals surface area contributed by atoms with Crippen LogP contribution >= 0.6 is 35.3 Å². The van der Waals surface area contributed by atoms with E-state index in [1.807, 2.05) is 18.2 Å². The summed E-state index contributed by atoms with van der Waals surface area (Å²) in [5.74, 6) is 0.638. The van der Waals surface area contributed by atoms with Crippen molar-refractivity contribution in [1.29, 1.82) is 0 Å². The standard InChI is InChI=1S/C22H24N4O4S3/c1-13-24-25-21(32-13)23-19(27)12-26-20(28)18(33-22(26)31)11-14-8-9-16(17(10-14)29-2)30-15-6-4-3-5-7-15/h8-11,15H,3-7,12H2,1-2H3,(H,23,25,27)/b18-11-. The van der Waals surface area contributed by atoms with Crippen molar-refractivity contribution < 1.29 is 19.1 Å². The molecule has 1 aromatic carbocycles. The molecule has 0 atom stereocenters. The van der Waals surface area contributed by atoms with Crippen molar-refractivity contribution in [3.63, 3.8) is 0 Å². The molecule has 4 rings (SSSR count). The predicted molar refractivity (Wildman–Crippen MR) is 134 cm³/mol. The minimum Gasteiger partial charge on any atom is -0.493 e. The van der Waals surface area contributed by atoms with Crippen LogP contribution in [0.5, 0.6) is 11.5 Å². The number of hydrogen-bond acceptors (Lipinski definition) is 9. The number of anilines is 1. The lowest BCUT2D eigenvalue weighted by Gasteiger charge is -2.24. The van der Waals surface area contributed by atoms with Gasteiger partial charge in [-0.25, -0.2) is 0 Å². The van der Waals surface area contributed by atoms with Crippen LogP contribution in [0.1, 0.15) is 42.7 Å². The molecule has 1 aliphatic heterocycles. The Bertz CT molecular complexity index is 1100. The van der Waals surface area contributed by atoms with Crippen LogP contribution in [0.2, 0.25) is 0 Å². The highest BCUT2D eigenvalue weighted by Crippen LogP contribution is 2.36. The number of methoxy groups -OCH3 is 1.